The van der Waals surface area contributed by atoms with E-state index in [1.807, 2.05) is 32.0 Å². The fourth-order valence-corrected chi connectivity index (χ4v) is 1.52. The molecule has 1 rings (SSSR count). The van der Waals surface area contributed by atoms with Gasteiger partial charge in [0.15, 0.2) is 5.78 Å². The smallest absolute Gasteiger partial charge is 0.162 e. The number of carbonyl (C=O) groups is 1. The minimum atomic E-state index is 0.139. The fourth-order valence-electron chi connectivity index (χ4n) is 1.52. The van der Waals surface area contributed by atoms with Crippen molar-refractivity contribution < 1.29 is 4.79 Å². The molecule has 0 heterocycles. The van der Waals surface area contributed by atoms with Crippen LogP contribution in [0.3, 0.4) is 0 Å². The van der Waals surface area contributed by atoms with Gasteiger partial charge < -0.3 is 10.6 Å². The van der Waals surface area contributed by atoms with Crippen LogP contribution >= 0.6 is 0 Å². The lowest BCUT2D eigenvalue weighted by molar-refractivity contribution is 0.0988. The molecule has 0 aliphatic rings. The maximum Gasteiger partial charge on any atom is 0.162 e. The van der Waals surface area contributed by atoms with Crippen LogP contribution < -0.4 is 10.6 Å². The number of hydrogen-bond donors (Lipinski definition) is 2. The number of rotatable bonds is 6. The molecule has 0 saturated carbocycles. The summed E-state index contributed by atoms with van der Waals surface area (Å²) in [6.07, 6.45) is 0.868. The molecule has 0 spiro atoms. The SMILES string of the molecule is [B]CNc1cc(NCC)cc(C(=O)CC)c1. The molecule has 0 amide bonds. The molecule has 3 nitrogen and oxygen atoms in total. The van der Waals surface area contributed by atoms with E-state index in [1.165, 1.54) is 0 Å². The summed E-state index contributed by atoms with van der Waals surface area (Å²) in [4.78, 5) is 11.6. The van der Waals surface area contributed by atoms with Gasteiger partial charge in [0.25, 0.3) is 0 Å². The summed E-state index contributed by atoms with van der Waals surface area (Å²) >= 11 is 0. The maximum absolute atomic E-state index is 11.6. The third-order valence-electron chi connectivity index (χ3n) is 2.26. The Labute approximate surface area is 98.0 Å². The summed E-state index contributed by atoms with van der Waals surface area (Å²) in [6, 6.07) is 5.65. The number of Topliss-reactive ketones (excluding diaryl/α,β-unsaturated/α-hetero) is 1. The summed E-state index contributed by atoms with van der Waals surface area (Å²) in [5.74, 6) is 0.139. The van der Waals surface area contributed by atoms with Gasteiger partial charge in [-0.3, -0.25) is 4.79 Å². The number of benzene rings is 1. The van der Waals surface area contributed by atoms with Crippen LogP contribution in [0.1, 0.15) is 30.6 Å². The second-order valence-corrected chi connectivity index (χ2v) is 3.49. The van der Waals surface area contributed by atoms with Crippen molar-refractivity contribution in [3.05, 3.63) is 23.8 Å². The first-order chi connectivity index (χ1) is 7.71. The lowest BCUT2D eigenvalue weighted by atomic mass is 10.1. The molecule has 84 valence electrons. The zero-order chi connectivity index (χ0) is 12.0. The predicted molar refractivity (Wildman–Crippen MR) is 69.5 cm³/mol. The highest BCUT2D eigenvalue weighted by atomic mass is 16.1. The number of nitrogens with one attached hydrogen (secondary N) is 2. The van der Waals surface area contributed by atoms with Crippen LogP contribution in [0.5, 0.6) is 0 Å². The van der Waals surface area contributed by atoms with Crippen molar-refractivity contribution in [3.8, 4) is 0 Å². The Morgan fingerprint density at radius 3 is 2.31 bits per heavy atom. The molecular weight excluding hydrogens is 199 g/mol. The van der Waals surface area contributed by atoms with Crippen LogP contribution in [0.4, 0.5) is 11.4 Å². The van der Waals surface area contributed by atoms with Crippen molar-refractivity contribution in [2.24, 2.45) is 0 Å². The van der Waals surface area contributed by atoms with E-state index in [2.05, 4.69) is 10.6 Å². The zero-order valence-corrected chi connectivity index (χ0v) is 9.84. The van der Waals surface area contributed by atoms with Crippen LogP contribution in [0, 0.1) is 0 Å². The Balaban J connectivity index is 3.02. The van der Waals surface area contributed by atoms with E-state index in [-0.39, 0.29) is 5.78 Å². The fraction of sp³-hybridized carbons (Fsp3) is 0.417. The van der Waals surface area contributed by atoms with Crippen LogP contribution in [-0.2, 0) is 0 Å². The normalized spacial score (nSPS) is 9.88. The topological polar surface area (TPSA) is 41.1 Å². The Morgan fingerprint density at radius 2 is 1.81 bits per heavy atom. The second-order valence-electron chi connectivity index (χ2n) is 3.49. The molecule has 0 aliphatic heterocycles. The summed E-state index contributed by atoms with van der Waals surface area (Å²) in [7, 11) is 5.43. The molecule has 0 aliphatic carbocycles. The summed E-state index contributed by atoms with van der Waals surface area (Å²) in [5, 5.41) is 6.20. The molecule has 2 N–H and O–H groups in total. The molecular formula is C12H17BN2O. The third-order valence-corrected chi connectivity index (χ3v) is 2.26. The second kappa shape index (κ2) is 6.21. The number of carbonyl (C=O) groups excluding carboxylic acids is 1. The molecule has 1 aromatic carbocycles. The van der Waals surface area contributed by atoms with E-state index in [9.17, 15) is 4.79 Å². The summed E-state index contributed by atoms with van der Waals surface area (Å²) in [5.41, 5.74) is 2.53. The summed E-state index contributed by atoms with van der Waals surface area (Å²) < 4.78 is 0. The number of anilines is 2. The molecule has 0 atom stereocenters. The lowest BCUT2D eigenvalue weighted by Gasteiger charge is -2.10. The first-order valence-corrected chi connectivity index (χ1v) is 5.57. The van der Waals surface area contributed by atoms with Gasteiger partial charge in [-0.2, -0.15) is 0 Å². The molecule has 0 fully saturated rings. The third kappa shape index (κ3) is 3.30. The number of hydrogen-bond acceptors (Lipinski definition) is 3. The molecule has 0 saturated heterocycles. The monoisotopic (exact) mass is 216 g/mol. The average molecular weight is 216 g/mol. The van der Waals surface area contributed by atoms with Gasteiger partial charge >= 0.3 is 0 Å². The van der Waals surface area contributed by atoms with E-state index in [4.69, 9.17) is 7.85 Å². The van der Waals surface area contributed by atoms with E-state index in [0.717, 1.165) is 23.5 Å². The zero-order valence-electron chi connectivity index (χ0n) is 9.84. The minimum absolute atomic E-state index is 0.139. The van der Waals surface area contributed by atoms with Crippen molar-refractivity contribution in [3.63, 3.8) is 0 Å². The van der Waals surface area contributed by atoms with Gasteiger partial charge in [-0.25, -0.2) is 0 Å². The Hall–Kier alpha value is -1.45. The Bertz CT molecular complexity index is 342. The molecule has 0 unspecified atom stereocenters. The molecule has 1 aromatic rings. The highest BCUT2D eigenvalue weighted by molar-refractivity contribution is 6.10. The minimum Gasteiger partial charge on any atom is -0.394 e. The largest absolute Gasteiger partial charge is 0.394 e. The van der Waals surface area contributed by atoms with Crippen molar-refractivity contribution in [2.75, 3.05) is 23.6 Å². The van der Waals surface area contributed by atoms with Gasteiger partial charge in [0, 0.05) is 29.9 Å². The van der Waals surface area contributed by atoms with Crippen LogP contribution in [0.15, 0.2) is 18.2 Å². The van der Waals surface area contributed by atoms with Crippen LogP contribution in [-0.4, -0.2) is 26.6 Å². The van der Waals surface area contributed by atoms with Gasteiger partial charge in [-0.15, -0.1) is 0 Å². The van der Waals surface area contributed by atoms with Gasteiger partial charge in [-0.1, -0.05) is 6.92 Å². The van der Waals surface area contributed by atoms with Crippen molar-refractivity contribution in [1.82, 2.24) is 0 Å². The Kier molecular flexibility index (Phi) is 4.90. The van der Waals surface area contributed by atoms with Gasteiger partial charge in [0.1, 0.15) is 0 Å². The van der Waals surface area contributed by atoms with Crippen molar-refractivity contribution in [2.45, 2.75) is 20.3 Å². The van der Waals surface area contributed by atoms with Crippen molar-refractivity contribution >= 4 is 25.0 Å². The quantitative estimate of drug-likeness (QED) is 0.566. The molecule has 0 aromatic heterocycles. The van der Waals surface area contributed by atoms with Crippen LogP contribution in [0.25, 0.3) is 0 Å². The average Bonchev–Trinajstić information content (AvgIpc) is 2.28. The van der Waals surface area contributed by atoms with Gasteiger partial charge in [0.2, 0.25) is 0 Å². The van der Waals surface area contributed by atoms with Crippen LogP contribution in [0.2, 0.25) is 0 Å². The van der Waals surface area contributed by atoms with Gasteiger partial charge in [0.05, 0.1) is 7.85 Å². The van der Waals surface area contributed by atoms with Gasteiger partial charge in [-0.05, 0) is 31.6 Å². The highest BCUT2D eigenvalue weighted by Crippen LogP contribution is 2.20. The molecule has 2 radical (unpaired) electrons. The predicted octanol–water partition coefficient (Wildman–Crippen LogP) is 2.25. The molecule has 4 heteroatoms. The first kappa shape index (κ1) is 12.6. The van der Waals surface area contributed by atoms with E-state index in [1.54, 1.807) is 0 Å². The highest BCUT2D eigenvalue weighted by Gasteiger charge is 2.06. The van der Waals surface area contributed by atoms with Crippen molar-refractivity contribution in [1.29, 1.82) is 0 Å². The maximum atomic E-state index is 11.6. The summed E-state index contributed by atoms with van der Waals surface area (Å²) in [6.45, 7) is 4.70. The van der Waals surface area contributed by atoms with E-state index in [0.29, 0.717) is 12.9 Å². The first-order valence-electron chi connectivity index (χ1n) is 5.57. The molecule has 16 heavy (non-hydrogen) atoms. The lowest BCUT2D eigenvalue weighted by Crippen LogP contribution is -2.05. The Morgan fingerprint density at radius 1 is 1.19 bits per heavy atom. The molecule has 0 bridgehead atoms. The van der Waals surface area contributed by atoms with E-state index >= 15 is 0 Å². The van der Waals surface area contributed by atoms with E-state index < -0.39 is 0 Å². The number of ketones is 1. The standard InChI is InChI=1S/C12H17BN2O/c1-3-12(16)9-5-10(14-4-2)7-11(6-9)15-8-13/h5-7,14-15H,3-4,8H2,1-2H3.